The van der Waals surface area contributed by atoms with Crippen LogP contribution < -0.4 is 0 Å². The molecule has 1 heterocycles. The normalized spacial score (nSPS) is 18.2. The molecule has 0 aliphatic carbocycles. The molecule has 0 amide bonds. The Balaban J connectivity index is 1.98. The molecule has 92 valence electrons. The molecule has 1 aromatic carbocycles. The van der Waals surface area contributed by atoms with Crippen LogP contribution in [0.5, 0.6) is 0 Å². The van der Waals surface area contributed by atoms with Crippen LogP contribution in [0.25, 0.3) is 0 Å². The molecular weight excluding hydrogens is 240 g/mol. The van der Waals surface area contributed by atoms with E-state index in [0.29, 0.717) is 0 Å². The van der Waals surface area contributed by atoms with Crippen molar-refractivity contribution in [1.82, 2.24) is 4.90 Å². The zero-order valence-corrected chi connectivity index (χ0v) is 10.3. The zero-order chi connectivity index (χ0) is 12.3. The van der Waals surface area contributed by atoms with Gasteiger partial charge in [-0.2, -0.15) is 0 Å². The number of halogens is 1. The number of nitro benzene ring substituents is 1. The average Bonchev–Trinajstić information content (AvgIpc) is 2.82. The molecule has 5 heteroatoms. The van der Waals surface area contributed by atoms with Crippen molar-refractivity contribution < 1.29 is 4.92 Å². The largest absolute Gasteiger partial charge is 0.302 e. The van der Waals surface area contributed by atoms with E-state index in [1.54, 1.807) is 12.1 Å². The third-order valence-electron chi connectivity index (χ3n) is 3.08. The topological polar surface area (TPSA) is 46.4 Å². The van der Waals surface area contributed by atoms with E-state index in [1.807, 2.05) is 0 Å². The van der Waals surface area contributed by atoms with Gasteiger partial charge in [-0.25, -0.2) is 0 Å². The third-order valence-corrected chi connectivity index (χ3v) is 3.47. The van der Waals surface area contributed by atoms with Gasteiger partial charge in [0.05, 0.1) is 10.3 Å². The van der Waals surface area contributed by atoms with Crippen LogP contribution in [-0.2, 0) is 0 Å². The van der Waals surface area contributed by atoms with E-state index in [1.165, 1.54) is 25.0 Å². The van der Waals surface area contributed by atoms with Crippen molar-refractivity contribution in [3.8, 4) is 0 Å². The first-order valence-electron chi connectivity index (χ1n) is 5.77. The lowest BCUT2D eigenvalue weighted by Gasteiger charge is -2.18. The molecule has 0 aromatic heterocycles. The van der Waals surface area contributed by atoms with Crippen molar-refractivity contribution >= 4 is 17.3 Å². The Bertz CT molecular complexity index is 388. The lowest BCUT2D eigenvalue weighted by atomic mass is 10.1. The minimum absolute atomic E-state index is 0.0890. The minimum atomic E-state index is -0.395. The Hall–Kier alpha value is -1.13. The van der Waals surface area contributed by atoms with E-state index in [0.717, 1.165) is 25.2 Å². The summed E-state index contributed by atoms with van der Waals surface area (Å²) < 4.78 is 0. The summed E-state index contributed by atoms with van der Waals surface area (Å²) in [7, 11) is 0. The molecule has 0 N–H and O–H groups in total. The molecule has 1 unspecified atom stereocenters. The molecule has 0 radical (unpaired) electrons. The first kappa shape index (κ1) is 12.3. The molecule has 2 rings (SSSR count). The van der Waals surface area contributed by atoms with Gasteiger partial charge >= 0.3 is 0 Å². The number of non-ortho nitro benzene ring substituents is 1. The molecule has 1 atom stereocenters. The second-order valence-corrected chi connectivity index (χ2v) is 4.85. The molecule has 0 bridgehead atoms. The van der Waals surface area contributed by atoms with Crippen LogP contribution in [0.15, 0.2) is 24.3 Å². The number of rotatable bonds is 4. The van der Waals surface area contributed by atoms with E-state index in [4.69, 9.17) is 11.6 Å². The Morgan fingerprint density at radius 2 is 1.88 bits per heavy atom. The van der Waals surface area contributed by atoms with Crippen LogP contribution in [0.4, 0.5) is 5.69 Å². The van der Waals surface area contributed by atoms with E-state index >= 15 is 0 Å². The Morgan fingerprint density at radius 3 is 2.41 bits per heavy atom. The molecule has 1 saturated heterocycles. The average molecular weight is 255 g/mol. The monoisotopic (exact) mass is 254 g/mol. The fourth-order valence-corrected chi connectivity index (χ4v) is 2.44. The zero-order valence-electron chi connectivity index (χ0n) is 9.51. The second-order valence-electron chi connectivity index (χ2n) is 4.32. The van der Waals surface area contributed by atoms with Crippen LogP contribution >= 0.6 is 11.6 Å². The van der Waals surface area contributed by atoms with Crippen molar-refractivity contribution in [1.29, 1.82) is 0 Å². The highest BCUT2D eigenvalue weighted by atomic mass is 35.5. The molecule has 1 aliphatic heterocycles. The summed E-state index contributed by atoms with van der Waals surface area (Å²) in [6.45, 7) is 3.03. The Labute approximate surface area is 105 Å². The molecule has 0 saturated carbocycles. The molecular formula is C12H15ClN2O2. The van der Waals surface area contributed by atoms with Gasteiger partial charge in [-0.05, 0) is 31.5 Å². The number of alkyl halides is 1. The predicted octanol–water partition coefficient (Wildman–Crippen LogP) is 2.97. The standard InChI is InChI=1S/C12H15ClN2O2/c13-12(9-14-7-1-2-8-14)10-3-5-11(6-4-10)15(16)17/h3-6,12H,1-2,7-9H2. The van der Waals surface area contributed by atoms with Gasteiger partial charge in [0.25, 0.3) is 5.69 Å². The summed E-state index contributed by atoms with van der Waals surface area (Å²) >= 11 is 6.31. The lowest BCUT2D eigenvalue weighted by molar-refractivity contribution is -0.384. The Kier molecular flexibility index (Phi) is 3.97. The number of nitrogens with zero attached hydrogens (tertiary/aromatic N) is 2. The van der Waals surface area contributed by atoms with Crippen molar-refractivity contribution in [2.45, 2.75) is 18.2 Å². The van der Waals surface area contributed by atoms with E-state index in [9.17, 15) is 10.1 Å². The van der Waals surface area contributed by atoms with Crippen LogP contribution in [0, 0.1) is 10.1 Å². The number of hydrogen-bond donors (Lipinski definition) is 0. The summed E-state index contributed by atoms with van der Waals surface area (Å²) in [5.41, 5.74) is 1.06. The van der Waals surface area contributed by atoms with E-state index in [-0.39, 0.29) is 11.1 Å². The number of benzene rings is 1. The summed E-state index contributed by atoms with van der Waals surface area (Å²) in [5.74, 6) is 0. The Morgan fingerprint density at radius 1 is 1.29 bits per heavy atom. The highest BCUT2D eigenvalue weighted by molar-refractivity contribution is 6.21. The van der Waals surface area contributed by atoms with Crippen molar-refractivity contribution in [3.63, 3.8) is 0 Å². The first-order valence-corrected chi connectivity index (χ1v) is 6.21. The molecule has 1 aliphatic rings. The summed E-state index contributed by atoms with van der Waals surface area (Å²) in [6.07, 6.45) is 2.48. The predicted molar refractivity (Wildman–Crippen MR) is 67.4 cm³/mol. The maximum absolute atomic E-state index is 10.5. The van der Waals surface area contributed by atoms with Crippen LogP contribution in [0.2, 0.25) is 0 Å². The third kappa shape index (κ3) is 3.17. The number of hydrogen-bond acceptors (Lipinski definition) is 3. The SMILES string of the molecule is O=[N+]([O-])c1ccc(C(Cl)CN2CCCC2)cc1. The smallest absolute Gasteiger partial charge is 0.269 e. The van der Waals surface area contributed by atoms with Gasteiger partial charge < -0.3 is 4.90 Å². The highest BCUT2D eigenvalue weighted by Gasteiger charge is 2.17. The molecule has 0 spiro atoms. The fraction of sp³-hybridized carbons (Fsp3) is 0.500. The maximum atomic E-state index is 10.5. The lowest BCUT2D eigenvalue weighted by Crippen LogP contribution is -2.23. The van der Waals surface area contributed by atoms with Gasteiger partial charge in [0, 0.05) is 18.7 Å². The van der Waals surface area contributed by atoms with Crippen molar-refractivity contribution in [2.24, 2.45) is 0 Å². The van der Waals surface area contributed by atoms with Gasteiger partial charge in [0.15, 0.2) is 0 Å². The highest BCUT2D eigenvalue weighted by Crippen LogP contribution is 2.25. The van der Waals surface area contributed by atoms with Crippen LogP contribution in [0.1, 0.15) is 23.8 Å². The molecule has 1 aromatic rings. The van der Waals surface area contributed by atoms with Crippen LogP contribution in [-0.4, -0.2) is 29.5 Å². The first-order chi connectivity index (χ1) is 8.16. The molecule has 4 nitrogen and oxygen atoms in total. The summed E-state index contributed by atoms with van der Waals surface area (Å²) in [6, 6.07) is 6.50. The minimum Gasteiger partial charge on any atom is -0.302 e. The van der Waals surface area contributed by atoms with Gasteiger partial charge in [-0.1, -0.05) is 12.1 Å². The molecule has 1 fully saturated rings. The maximum Gasteiger partial charge on any atom is 0.269 e. The van der Waals surface area contributed by atoms with Gasteiger partial charge in [0.2, 0.25) is 0 Å². The van der Waals surface area contributed by atoms with E-state index < -0.39 is 4.92 Å². The number of nitro groups is 1. The van der Waals surface area contributed by atoms with Gasteiger partial charge in [-0.3, -0.25) is 10.1 Å². The quantitative estimate of drug-likeness (QED) is 0.471. The molecule has 17 heavy (non-hydrogen) atoms. The van der Waals surface area contributed by atoms with Gasteiger partial charge in [-0.15, -0.1) is 11.6 Å². The summed E-state index contributed by atoms with van der Waals surface area (Å²) in [4.78, 5) is 12.5. The van der Waals surface area contributed by atoms with E-state index in [2.05, 4.69) is 4.90 Å². The van der Waals surface area contributed by atoms with Crippen LogP contribution in [0.3, 0.4) is 0 Å². The number of likely N-dealkylation sites (tertiary alicyclic amines) is 1. The summed E-state index contributed by atoms with van der Waals surface area (Å²) in [5, 5.41) is 10.4. The van der Waals surface area contributed by atoms with Gasteiger partial charge in [0.1, 0.15) is 0 Å². The van der Waals surface area contributed by atoms with Crippen molar-refractivity contribution in [3.05, 3.63) is 39.9 Å². The second kappa shape index (κ2) is 5.47. The fourth-order valence-electron chi connectivity index (χ4n) is 2.10. The van der Waals surface area contributed by atoms with Crippen molar-refractivity contribution in [2.75, 3.05) is 19.6 Å².